The van der Waals surface area contributed by atoms with Crippen molar-refractivity contribution < 1.29 is 14.3 Å². The van der Waals surface area contributed by atoms with E-state index >= 15 is 0 Å². The molecule has 4 rings (SSSR count). The third kappa shape index (κ3) is 5.17. The lowest BCUT2D eigenvalue weighted by Gasteiger charge is -2.12. The molecule has 1 aliphatic rings. The Morgan fingerprint density at radius 3 is 2.79 bits per heavy atom. The maximum Gasteiger partial charge on any atom is 0.341 e. The van der Waals surface area contributed by atoms with E-state index in [1.165, 1.54) is 32.9 Å². The number of thiophene rings is 2. The van der Waals surface area contributed by atoms with Gasteiger partial charge in [0.05, 0.1) is 17.9 Å². The number of aryl methyl sites for hydroxylation is 1. The maximum absolute atomic E-state index is 12.8. The second-order valence-corrected chi connectivity index (χ2v) is 11.2. The van der Waals surface area contributed by atoms with Gasteiger partial charge in [0.2, 0.25) is 5.91 Å². The largest absolute Gasteiger partial charge is 0.462 e. The van der Waals surface area contributed by atoms with Gasteiger partial charge >= 0.3 is 5.97 Å². The first-order valence-corrected chi connectivity index (χ1v) is 13.8. The molecule has 176 valence electrons. The molecular weight excluding hydrogens is 476 g/mol. The highest BCUT2D eigenvalue weighted by molar-refractivity contribution is 7.99. The van der Waals surface area contributed by atoms with E-state index in [-0.39, 0.29) is 17.6 Å². The smallest absolute Gasteiger partial charge is 0.341 e. The lowest BCUT2D eigenvalue weighted by molar-refractivity contribution is -0.113. The van der Waals surface area contributed by atoms with Crippen LogP contribution in [0.15, 0.2) is 16.6 Å². The van der Waals surface area contributed by atoms with Crippen molar-refractivity contribution in [2.75, 3.05) is 17.7 Å². The summed E-state index contributed by atoms with van der Waals surface area (Å²) in [7, 11) is 1.91. The summed E-state index contributed by atoms with van der Waals surface area (Å²) in [5, 5.41) is 14.9. The van der Waals surface area contributed by atoms with Crippen LogP contribution in [-0.2, 0) is 29.4 Å². The van der Waals surface area contributed by atoms with Gasteiger partial charge in [-0.15, -0.1) is 32.9 Å². The molecule has 0 saturated carbocycles. The van der Waals surface area contributed by atoms with E-state index in [1.54, 1.807) is 18.3 Å². The Balaban J connectivity index is 1.45. The number of fused-ring (bicyclic) bond motifs is 1. The molecule has 3 aromatic rings. The predicted octanol–water partition coefficient (Wildman–Crippen LogP) is 5.51. The van der Waals surface area contributed by atoms with Gasteiger partial charge in [-0.05, 0) is 50.2 Å². The lowest BCUT2D eigenvalue weighted by Crippen LogP contribution is -2.17. The minimum atomic E-state index is -0.352. The number of amides is 1. The molecule has 3 aromatic heterocycles. The number of aromatic nitrogens is 3. The molecule has 1 amide bonds. The highest BCUT2D eigenvalue weighted by atomic mass is 32.2. The first-order valence-electron chi connectivity index (χ1n) is 11.1. The second kappa shape index (κ2) is 10.4. The van der Waals surface area contributed by atoms with E-state index < -0.39 is 0 Å². The zero-order chi connectivity index (χ0) is 23.5. The van der Waals surface area contributed by atoms with Gasteiger partial charge in [0.25, 0.3) is 0 Å². The van der Waals surface area contributed by atoms with E-state index in [1.807, 2.05) is 11.6 Å². The summed E-state index contributed by atoms with van der Waals surface area (Å²) in [5.41, 5.74) is 2.62. The fourth-order valence-electron chi connectivity index (χ4n) is 3.83. The second-order valence-electron chi connectivity index (χ2n) is 8.23. The van der Waals surface area contributed by atoms with Crippen LogP contribution in [0.2, 0.25) is 0 Å². The maximum atomic E-state index is 12.8. The monoisotopic (exact) mass is 504 g/mol. The average Bonchev–Trinajstić information content (AvgIpc) is 3.49. The summed E-state index contributed by atoms with van der Waals surface area (Å²) < 4.78 is 7.19. The Morgan fingerprint density at radius 2 is 2.06 bits per heavy atom. The Hall–Kier alpha value is -2.17. The molecule has 33 heavy (non-hydrogen) atoms. The quantitative estimate of drug-likeness (QED) is 0.321. The number of ether oxygens (including phenoxy) is 1. The van der Waals surface area contributed by atoms with Gasteiger partial charge in [0.1, 0.15) is 5.00 Å². The molecular formula is C23H28N4O3S3. The van der Waals surface area contributed by atoms with Crippen LogP contribution >= 0.6 is 34.4 Å². The molecule has 0 atom stereocenters. The lowest BCUT2D eigenvalue weighted by atomic mass is 9.95. The Morgan fingerprint density at radius 1 is 1.27 bits per heavy atom. The van der Waals surface area contributed by atoms with Gasteiger partial charge in [-0.25, -0.2) is 4.79 Å². The third-order valence-electron chi connectivity index (χ3n) is 5.52. The number of carbonyl (C=O) groups is 2. The van der Waals surface area contributed by atoms with Crippen LogP contribution in [-0.4, -0.2) is 39.0 Å². The van der Waals surface area contributed by atoms with Gasteiger partial charge in [-0.3, -0.25) is 4.79 Å². The van der Waals surface area contributed by atoms with E-state index in [0.717, 1.165) is 42.6 Å². The van der Waals surface area contributed by atoms with E-state index in [2.05, 4.69) is 40.8 Å². The Kier molecular flexibility index (Phi) is 7.55. The number of carbonyl (C=O) groups excluding carboxylic acids is 2. The van der Waals surface area contributed by atoms with Crippen LogP contribution in [0.5, 0.6) is 0 Å². The highest BCUT2D eigenvalue weighted by Gasteiger charge is 2.27. The highest BCUT2D eigenvalue weighted by Crippen LogP contribution is 2.39. The molecule has 0 saturated heterocycles. The predicted molar refractivity (Wildman–Crippen MR) is 135 cm³/mol. The van der Waals surface area contributed by atoms with Gasteiger partial charge in [0, 0.05) is 27.7 Å². The zero-order valence-corrected chi connectivity index (χ0v) is 21.7. The molecule has 0 unspecified atom stereocenters. The molecule has 1 aliphatic carbocycles. The van der Waals surface area contributed by atoms with E-state index in [4.69, 9.17) is 4.74 Å². The van der Waals surface area contributed by atoms with E-state index in [9.17, 15) is 9.59 Å². The van der Waals surface area contributed by atoms with Crippen LogP contribution in [0.4, 0.5) is 5.00 Å². The molecule has 0 spiro atoms. The van der Waals surface area contributed by atoms with Crippen LogP contribution in [0.1, 0.15) is 65.2 Å². The normalized spacial score (nSPS) is 13.2. The average molecular weight is 505 g/mol. The summed E-state index contributed by atoms with van der Waals surface area (Å²) in [6.07, 6.45) is 3.96. The van der Waals surface area contributed by atoms with Crippen molar-refractivity contribution in [3.8, 4) is 11.4 Å². The molecule has 7 nitrogen and oxygen atoms in total. The Bertz CT molecular complexity index is 1160. The van der Waals surface area contributed by atoms with Gasteiger partial charge < -0.3 is 14.6 Å². The molecule has 0 aromatic carbocycles. The van der Waals surface area contributed by atoms with Crippen molar-refractivity contribution in [1.29, 1.82) is 0 Å². The van der Waals surface area contributed by atoms with Crippen LogP contribution in [0, 0.1) is 0 Å². The number of hydrogen-bond donors (Lipinski definition) is 1. The minimum Gasteiger partial charge on any atom is -0.462 e. The number of esters is 1. The van der Waals surface area contributed by atoms with Crippen molar-refractivity contribution >= 4 is 51.3 Å². The number of anilines is 1. The first kappa shape index (κ1) is 24.0. The Labute approximate surface area is 206 Å². The van der Waals surface area contributed by atoms with Crippen molar-refractivity contribution in [3.05, 3.63) is 32.3 Å². The standard InChI is InChI=1S/C23H28N4O3S3/c1-5-30-22(29)19-15-8-6-7-9-16(15)33-21(19)24-18(28)12-32-23-26-25-20(27(23)4)14-10-17(13(2)3)31-11-14/h10-11,13H,5-9,12H2,1-4H3,(H,24,28). The fraction of sp³-hybridized carbons (Fsp3) is 0.478. The third-order valence-corrected chi connectivity index (χ3v) is 8.98. The zero-order valence-electron chi connectivity index (χ0n) is 19.3. The van der Waals surface area contributed by atoms with Gasteiger partial charge in [0.15, 0.2) is 11.0 Å². The summed E-state index contributed by atoms with van der Waals surface area (Å²) in [5.74, 6) is 0.909. The van der Waals surface area contributed by atoms with Crippen molar-refractivity contribution in [2.24, 2.45) is 7.05 Å². The molecule has 0 fully saturated rings. The fourth-order valence-corrected chi connectivity index (χ4v) is 6.74. The molecule has 0 bridgehead atoms. The molecule has 10 heteroatoms. The number of thioether (sulfide) groups is 1. The van der Waals surface area contributed by atoms with Crippen molar-refractivity contribution in [2.45, 2.75) is 57.5 Å². The number of rotatable bonds is 8. The molecule has 1 N–H and O–H groups in total. The van der Waals surface area contributed by atoms with Gasteiger partial charge in [-0.2, -0.15) is 0 Å². The summed E-state index contributed by atoms with van der Waals surface area (Å²) in [6.45, 7) is 6.44. The van der Waals surface area contributed by atoms with Gasteiger partial charge in [-0.1, -0.05) is 25.6 Å². The first-order chi connectivity index (χ1) is 15.9. The number of hydrogen-bond acceptors (Lipinski definition) is 8. The minimum absolute atomic E-state index is 0.175. The van der Waals surface area contributed by atoms with E-state index in [0.29, 0.717) is 28.2 Å². The van der Waals surface area contributed by atoms with Crippen LogP contribution < -0.4 is 5.32 Å². The van der Waals surface area contributed by atoms with Crippen LogP contribution in [0.25, 0.3) is 11.4 Å². The van der Waals surface area contributed by atoms with Crippen LogP contribution in [0.3, 0.4) is 0 Å². The summed E-state index contributed by atoms with van der Waals surface area (Å²) in [6, 6.07) is 2.15. The SMILES string of the molecule is CCOC(=O)c1c(NC(=O)CSc2nnc(-c3csc(C(C)C)c3)n2C)sc2c1CCCC2. The number of nitrogens with zero attached hydrogens (tertiary/aromatic N) is 3. The number of nitrogens with one attached hydrogen (secondary N) is 1. The van der Waals surface area contributed by atoms with Crippen molar-refractivity contribution in [1.82, 2.24) is 14.8 Å². The van der Waals surface area contributed by atoms with Crippen molar-refractivity contribution in [3.63, 3.8) is 0 Å². The molecule has 0 radical (unpaired) electrons. The summed E-state index contributed by atoms with van der Waals surface area (Å²) in [4.78, 5) is 27.8. The molecule has 3 heterocycles. The topological polar surface area (TPSA) is 86.1 Å². The summed E-state index contributed by atoms with van der Waals surface area (Å²) >= 11 is 4.55. The molecule has 0 aliphatic heterocycles.